The van der Waals surface area contributed by atoms with Crippen LogP contribution < -0.4 is 0 Å². The lowest BCUT2D eigenvalue weighted by molar-refractivity contribution is -0.167. The van der Waals surface area contributed by atoms with Crippen LogP contribution in [-0.2, 0) is 28.6 Å². The van der Waals surface area contributed by atoms with Gasteiger partial charge in [0, 0.05) is 19.3 Å². The zero-order chi connectivity index (χ0) is 43.7. The highest BCUT2D eigenvalue weighted by atomic mass is 16.6. The number of esters is 3. The summed E-state index contributed by atoms with van der Waals surface area (Å²) in [5.74, 6) is -0.978. The van der Waals surface area contributed by atoms with Crippen LogP contribution in [0.4, 0.5) is 0 Å². The number of ether oxygens (including phenoxy) is 3. The van der Waals surface area contributed by atoms with Crippen LogP contribution in [0.2, 0.25) is 0 Å². The molecule has 0 N–H and O–H groups in total. The summed E-state index contributed by atoms with van der Waals surface area (Å²) in [6, 6.07) is 0. The largest absolute Gasteiger partial charge is 0.462 e. The van der Waals surface area contributed by atoms with E-state index in [1.165, 1.54) is 135 Å². The topological polar surface area (TPSA) is 78.9 Å². The standard InChI is InChI=1S/C54H92O6/c1-4-7-10-13-16-19-22-25-27-30-32-35-38-41-44-47-53(56)59-50-51(49-58-52(55)46-43-40-37-34-31-28-24-21-18-15-12-9-6-3)60-54(57)48-45-42-39-36-33-29-26-23-20-17-14-11-8-5-2/h9,12,15,18-19,21-22,24,28,31,34,37,51H,4-8,10-11,13-14,16-17,20,23,25-27,29-30,32-33,35-36,38-50H2,1-3H3/b12-9-,18-15-,22-19-,24-21-,31-28-,37-34-. The van der Waals surface area contributed by atoms with E-state index in [0.29, 0.717) is 19.3 Å². The molecule has 1 atom stereocenters. The van der Waals surface area contributed by atoms with Gasteiger partial charge in [0.05, 0.1) is 0 Å². The molecule has 0 rings (SSSR count). The zero-order valence-electron chi connectivity index (χ0n) is 39.2. The first-order valence-corrected chi connectivity index (χ1v) is 25.0. The monoisotopic (exact) mass is 837 g/mol. The van der Waals surface area contributed by atoms with Gasteiger partial charge in [0.25, 0.3) is 0 Å². The molecule has 344 valence electrons. The molecule has 0 aliphatic heterocycles. The highest BCUT2D eigenvalue weighted by Crippen LogP contribution is 2.15. The van der Waals surface area contributed by atoms with Crippen molar-refractivity contribution in [2.24, 2.45) is 0 Å². The summed E-state index contributed by atoms with van der Waals surface area (Å²) in [5, 5.41) is 0. The van der Waals surface area contributed by atoms with Gasteiger partial charge in [-0.3, -0.25) is 14.4 Å². The van der Waals surface area contributed by atoms with Crippen molar-refractivity contribution in [2.45, 2.75) is 239 Å². The predicted molar refractivity (Wildman–Crippen MR) is 256 cm³/mol. The molecular formula is C54H92O6. The Morgan fingerprint density at radius 3 is 1.13 bits per heavy atom. The molecule has 0 spiro atoms. The second kappa shape index (κ2) is 48.5. The van der Waals surface area contributed by atoms with Gasteiger partial charge in [-0.1, -0.05) is 229 Å². The Morgan fingerprint density at radius 1 is 0.350 bits per heavy atom. The molecule has 0 aliphatic carbocycles. The molecule has 1 unspecified atom stereocenters. The van der Waals surface area contributed by atoms with Crippen molar-refractivity contribution in [3.05, 3.63) is 72.9 Å². The van der Waals surface area contributed by atoms with Gasteiger partial charge in [0.15, 0.2) is 6.10 Å². The van der Waals surface area contributed by atoms with Crippen molar-refractivity contribution in [3.8, 4) is 0 Å². The number of carbonyl (C=O) groups is 3. The van der Waals surface area contributed by atoms with Crippen LogP contribution >= 0.6 is 0 Å². The summed E-state index contributed by atoms with van der Waals surface area (Å²) in [7, 11) is 0. The highest BCUT2D eigenvalue weighted by Gasteiger charge is 2.19. The lowest BCUT2D eigenvalue weighted by atomic mass is 10.0. The molecule has 0 aromatic heterocycles. The first-order chi connectivity index (χ1) is 29.5. The van der Waals surface area contributed by atoms with Gasteiger partial charge in [-0.15, -0.1) is 0 Å². The molecule has 0 fully saturated rings. The number of rotatable bonds is 44. The normalized spacial score (nSPS) is 12.7. The van der Waals surface area contributed by atoms with Crippen LogP contribution in [0.25, 0.3) is 0 Å². The van der Waals surface area contributed by atoms with Crippen molar-refractivity contribution in [2.75, 3.05) is 13.2 Å². The molecule has 0 aliphatic rings. The summed E-state index contributed by atoms with van der Waals surface area (Å²) < 4.78 is 16.7. The Kier molecular flexibility index (Phi) is 46.0. The molecule has 0 saturated heterocycles. The third kappa shape index (κ3) is 45.9. The third-order valence-electron chi connectivity index (χ3n) is 10.6. The minimum Gasteiger partial charge on any atom is -0.462 e. The van der Waals surface area contributed by atoms with Crippen LogP contribution in [0.5, 0.6) is 0 Å². The van der Waals surface area contributed by atoms with E-state index in [4.69, 9.17) is 14.2 Å². The van der Waals surface area contributed by atoms with E-state index in [9.17, 15) is 14.4 Å². The molecule has 0 heterocycles. The SMILES string of the molecule is CC\C=C/C=C\C=C/C=C\C=C/CCCC(=O)OCC(COC(=O)CCCCCCCCC/C=C\CCCCCC)OC(=O)CCCCCCCCCCCCCCCC. The number of unbranched alkanes of at least 4 members (excludes halogenated alkanes) is 25. The zero-order valence-corrected chi connectivity index (χ0v) is 39.2. The van der Waals surface area contributed by atoms with Crippen LogP contribution in [0.15, 0.2) is 72.9 Å². The molecular weight excluding hydrogens is 745 g/mol. The average Bonchev–Trinajstić information content (AvgIpc) is 3.24. The number of hydrogen-bond acceptors (Lipinski definition) is 6. The summed E-state index contributed by atoms with van der Waals surface area (Å²) in [6.45, 7) is 6.41. The lowest BCUT2D eigenvalue weighted by Crippen LogP contribution is -2.30. The van der Waals surface area contributed by atoms with E-state index in [2.05, 4.69) is 39.0 Å². The minimum absolute atomic E-state index is 0.0987. The maximum Gasteiger partial charge on any atom is 0.306 e. The summed E-state index contributed by atoms with van der Waals surface area (Å²) >= 11 is 0. The van der Waals surface area contributed by atoms with Gasteiger partial charge >= 0.3 is 17.9 Å². The van der Waals surface area contributed by atoms with Crippen LogP contribution in [0.1, 0.15) is 233 Å². The fourth-order valence-electron chi connectivity index (χ4n) is 6.82. The predicted octanol–water partition coefficient (Wildman–Crippen LogP) is 16.3. The molecule has 0 saturated carbocycles. The fraction of sp³-hybridized carbons (Fsp3) is 0.722. The highest BCUT2D eigenvalue weighted by molar-refractivity contribution is 5.71. The maximum absolute atomic E-state index is 12.8. The number of hydrogen-bond donors (Lipinski definition) is 0. The average molecular weight is 837 g/mol. The molecule has 0 aromatic carbocycles. The van der Waals surface area contributed by atoms with Crippen molar-refractivity contribution >= 4 is 17.9 Å². The van der Waals surface area contributed by atoms with Gasteiger partial charge in [-0.2, -0.15) is 0 Å². The maximum atomic E-state index is 12.8. The van der Waals surface area contributed by atoms with Crippen LogP contribution in [0.3, 0.4) is 0 Å². The fourth-order valence-corrected chi connectivity index (χ4v) is 6.82. The van der Waals surface area contributed by atoms with Crippen LogP contribution in [0, 0.1) is 0 Å². The van der Waals surface area contributed by atoms with Gasteiger partial charge in [0.2, 0.25) is 0 Å². The Bertz CT molecular complexity index is 1140. The Morgan fingerprint density at radius 2 is 0.683 bits per heavy atom. The molecule has 0 amide bonds. The quantitative estimate of drug-likeness (QED) is 0.0200. The van der Waals surface area contributed by atoms with E-state index < -0.39 is 6.10 Å². The van der Waals surface area contributed by atoms with E-state index in [1.54, 1.807) is 0 Å². The lowest BCUT2D eigenvalue weighted by Gasteiger charge is -2.18. The van der Waals surface area contributed by atoms with E-state index in [0.717, 1.165) is 51.4 Å². The molecule has 6 nitrogen and oxygen atoms in total. The summed E-state index contributed by atoms with van der Waals surface area (Å²) in [6.07, 6.45) is 60.3. The van der Waals surface area contributed by atoms with E-state index >= 15 is 0 Å². The van der Waals surface area contributed by atoms with Crippen LogP contribution in [-0.4, -0.2) is 37.2 Å². The van der Waals surface area contributed by atoms with E-state index in [1.807, 2.05) is 54.7 Å². The Hall–Kier alpha value is -3.15. The molecule has 0 aromatic rings. The number of carbonyl (C=O) groups excluding carboxylic acids is 3. The second-order valence-corrected chi connectivity index (χ2v) is 16.5. The smallest absolute Gasteiger partial charge is 0.306 e. The van der Waals surface area contributed by atoms with Gasteiger partial charge in [-0.05, 0) is 57.8 Å². The van der Waals surface area contributed by atoms with Gasteiger partial charge < -0.3 is 14.2 Å². The summed E-state index contributed by atoms with van der Waals surface area (Å²) in [4.78, 5) is 37.9. The first-order valence-electron chi connectivity index (χ1n) is 25.0. The van der Waals surface area contributed by atoms with Crippen molar-refractivity contribution in [3.63, 3.8) is 0 Å². The van der Waals surface area contributed by atoms with Gasteiger partial charge in [0.1, 0.15) is 13.2 Å². The van der Waals surface area contributed by atoms with Crippen molar-refractivity contribution < 1.29 is 28.6 Å². The molecule has 60 heavy (non-hydrogen) atoms. The minimum atomic E-state index is -0.802. The Balaban J connectivity index is 4.47. The Labute approximate surface area is 370 Å². The molecule has 0 radical (unpaired) electrons. The first kappa shape index (κ1) is 56.9. The van der Waals surface area contributed by atoms with Crippen molar-refractivity contribution in [1.29, 1.82) is 0 Å². The molecule has 6 heteroatoms. The second-order valence-electron chi connectivity index (χ2n) is 16.5. The number of allylic oxidation sites excluding steroid dienone is 12. The summed E-state index contributed by atoms with van der Waals surface area (Å²) in [5.41, 5.74) is 0. The molecule has 0 bridgehead atoms. The van der Waals surface area contributed by atoms with Gasteiger partial charge in [-0.25, -0.2) is 0 Å². The third-order valence-corrected chi connectivity index (χ3v) is 10.6. The van der Waals surface area contributed by atoms with Crippen molar-refractivity contribution in [1.82, 2.24) is 0 Å². The van der Waals surface area contributed by atoms with E-state index in [-0.39, 0.29) is 37.5 Å².